The summed E-state index contributed by atoms with van der Waals surface area (Å²) >= 11 is 0. The Morgan fingerprint density at radius 3 is 1.54 bits per heavy atom. The Morgan fingerprint density at radius 2 is 1.11 bits per heavy atom. The maximum atomic E-state index is 6.18. The lowest BCUT2D eigenvalue weighted by Crippen LogP contribution is -2.07. The summed E-state index contributed by atoms with van der Waals surface area (Å²) < 4.78 is 18.5. The molecule has 0 atom stereocenters. The van der Waals surface area contributed by atoms with Gasteiger partial charge in [0, 0.05) is 0 Å². The largest absolute Gasteiger partial charge is 0.490 e. The lowest BCUT2D eigenvalue weighted by Gasteiger charge is -2.19. The number of hydrogen-bond acceptors (Lipinski definition) is 3. The molecule has 0 spiro atoms. The Balaban J connectivity index is 2.96. The number of hydrogen-bond donors (Lipinski definition) is 0. The molecule has 0 aliphatic carbocycles. The number of ether oxygens (including phenoxy) is 3. The lowest BCUT2D eigenvalue weighted by molar-refractivity contribution is 0.235. The highest BCUT2D eigenvalue weighted by Gasteiger charge is 2.16. The first kappa shape index (κ1) is 24.7. The smallest absolute Gasteiger partial charge is 0.203 e. The SMILES string of the molecule is [CH2]CCCc1cc(OCCCCC)c(OCCCCC)c(OCCCCC)c1. The summed E-state index contributed by atoms with van der Waals surface area (Å²) in [5, 5.41) is 0. The molecule has 0 saturated carbocycles. The molecule has 1 radical (unpaired) electrons. The maximum Gasteiger partial charge on any atom is 0.203 e. The summed E-state index contributed by atoms with van der Waals surface area (Å²) in [6.07, 6.45) is 13.3. The highest BCUT2D eigenvalue weighted by molar-refractivity contribution is 5.54. The van der Waals surface area contributed by atoms with Crippen LogP contribution in [0.2, 0.25) is 0 Å². The van der Waals surface area contributed by atoms with Gasteiger partial charge in [-0.1, -0.05) is 72.6 Å². The predicted molar refractivity (Wildman–Crippen MR) is 120 cm³/mol. The fourth-order valence-corrected chi connectivity index (χ4v) is 3.06. The van der Waals surface area contributed by atoms with Gasteiger partial charge in [0.2, 0.25) is 5.75 Å². The van der Waals surface area contributed by atoms with E-state index in [1.807, 2.05) is 0 Å². The van der Waals surface area contributed by atoms with Gasteiger partial charge in [-0.3, -0.25) is 0 Å². The van der Waals surface area contributed by atoms with E-state index in [2.05, 4.69) is 39.8 Å². The predicted octanol–water partition coefficient (Wildman–Crippen LogP) is 7.55. The van der Waals surface area contributed by atoms with Crippen molar-refractivity contribution in [3.63, 3.8) is 0 Å². The van der Waals surface area contributed by atoms with E-state index in [1.165, 1.54) is 44.1 Å². The zero-order valence-electron chi connectivity index (χ0n) is 18.7. The summed E-state index contributed by atoms with van der Waals surface area (Å²) in [5.41, 5.74) is 1.25. The van der Waals surface area contributed by atoms with E-state index in [-0.39, 0.29) is 0 Å². The molecule has 1 aromatic carbocycles. The molecule has 0 amide bonds. The fourth-order valence-electron chi connectivity index (χ4n) is 3.06. The van der Waals surface area contributed by atoms with E-state index in [9.17, 15) is 0 Å². The first-order chi connectivity index (χ1) is 13.8. The number of benzene rings is 1. The van der Waals surface area contributed by atoms with Gasteiger partial charge in [0.05, 0.1) is 19.8 Å². The quantitative estimate of drug-likeness (QED) is 0.242. The number of unbranched alkanes of at least 4 members (excludes halogenated alkanes) is 7. The van der Waals surface area contributed by atoms with Gasteiger partial charge < -0.3 is 14.2 Å². The van der Waals surface area contributed by atoms with Crippen molar-refractivity contribution in [1.29, 1.82) is 0 Å². The monoisotopic (exact) mass is 391 g/mol. The second kappa shape index (κ2) is 16.6. The third-order valence-corrected chi connectivity index (χ3v) is 4.80. The van der Waals surface area contributed by atoms with E-state index < -0.39 is 0 Å². The normalized spacial score (nSPS) is 10.9. The minimum Gasteiger partial charge on any atom is -0.490 e. The highest BCUT2D eigenvalue weighted by atomic mass is 16.5. The Kier molecular flexibility index (Phi) is 14.6. The van der Waals surface area contributed by atoms with Crippen LogP contribution in [0.15, 0.2) is 12.1 Å². The molecular formula is C25H43O3. The second-order valence-electron chi connectivity index (χ2n) is 7.55. The van der Waals surface area contributed by atoms with Crippen molar-refractivity contribution in [2.45, 2.75) is 97.8 Å². The summed E-state index contributed by atoms with van der Waals surface area (Å²) in [6, 6.07) is 4.30. The highest BCUT2D eigenvalue weighted by Crippen LogP contribution is 2.40. The molecule has 0 aromatic heterocycles. The topological polar surface area (TPSA) is 27.7 Å². The number of aryl methyl sites for hydroxylation is 1. The van der Waals surface area contributed by atoms with Crippen molar-refractivity contribution >= 4 is 0 Å². The van der Waals surface area contributed by atoms with E-state index in [0.717, 1.165) is 69.0 Å². The van der Waals surface area contributed by atoms with Crippen LogP contribution in [0.5, 0.6) is 17.2 Å². The minimum absolute atomic E-state index is 0.711. The molecule has 0 N–H and O–H groups in total. The molecule has 0 saturated heterocycles. The summed E-state index contributed by atoms with van der Waals surface area (Å²) in [7, 11) is 0. The zero-order valence-corrected chi connectivity index (χ0v) is 18.7. The zero-order chi connectivity index (χ0) is 20.5. The van der Waals surface area contributed by atoms with Crippen molar-refractivity contribution in [3.8, 4) is 17.2 Å². The van der Waals surface area contributed by atoms with Crippen molar-refractivity contribution < 1.29 is 14.2 Å². The molecule has 0 heterocycles. The van der Waals surface area contributed by atoms with Gasteiger partial charge >= 0.3 is 0 Å². The Bertz CT molecular complexity index is 466. The summed E-state index contributed by atoms with van der Waals surface area (Å²) in [4.78, 5) is 0. The molecule has 1 aromatic rings. The Hall–Kier alpha value is -1.38. The summed E-state index contributed by atoms with van der Waals surface area (Å²) in [6.45, 7) is 12.8. The minimum atomic E-state index is 0.711. The van der Waals surface area contributed by atoms with Crippen LogP contribution in [0, 0.1) is 6.92 Å². The maximum absolute atomic E-state index is 6.18. The second-order valence-corrected chi connectivity index (χ2v) is 7.55. The lowest BCUT2D eigenvalue weighted by atomic mass is 10.1. The Morgan fingerprint density at radius 1 is 0.643 bits per heavy atom. The van der Waals surface area contributed by atoms with Crippen LogP contribution >= 0.6 is 0 Å². The molecule has 3 heteroatoms. The first-order valence-electron chi connectivity index (χ1n) is 11.6. The first-order valence-corrected chi connectivity index (χ1v) is 11.6. The van der Waals surface area contributed by atoms with Gasteiger partial charge in [-0.05, 0) is 49.8 Å². The van der Waals surface area contributed by atoms with Crippen LogP contribution in [0.3, 0.4) is 0 Å². The van der Waals surface area contributed by atoms with Crippen LogP contribution in [-0.2, 0) is 6.42 Å². The molecule has 1 rings (SSSR count). The third-order valence-electron chi connectivity index (χ3n) is 4.80. The van der Waals surface area contributed by atoms with Crippen LogP contribution < -0.4 is 14.2 Å². The van der Waals surface area contributed by atoms with Gasteiger partial charge in [-0.2, -0.15) is 0 Å². The van der Waals surface area contributed by atoms with E-state index >= 15 is 0 Å². The molecule has 0 aliphatic rings. The number of rotatable bonds is 18. The van der Waals surface area contributed by atoms with Crippen molar-refractivity contribution in [2.24, 2.45) is 0 Å². The molecule has 161 valence electrons. The van der Waals surface area contributed by atoms with E-state index in [1.54, 1.807) is 0 Å². The van der Waals surface area contributed by atoms with Gasteiger partial charge in [-0.25, -0.2) is 0 Å². The van der Waals surface area contributed by atoms with Crippen LogP contribution in [-0.4, -0.2) is 19.8 Å². The summed E-state index contributed by atoms with van der Waals surface area (Å²) in [5.74, 6) is 2.49. The van der Waals surface area contributed by atoms with Crippen LogP contribution in [0.25, 0.3) is 0 Å². The van der Waals surface area contributed by atoms with E-state index in [4.69, 9.17) is 14.2 Å². The van der Waals surface area contributed by atoms with Crippen molar-refractivity contribution in [2.75, 3.05) is 19.8 Å². The van der Waals surface area contributed by atoms with Gasteiger partial charge in [0.15, 0.2) is 11.5 Å². The van der Waals surface area contributed by atoms with Crippen LogP contribution in [0.1, 0.15) is 97.0 Å². The van der Waals surface area contributed by atoms with Crippen LogP contribution in [0.4, 0.5) is 0 Å². The standard InChI is InChI=1S/C25H43O3/c1-5-9-13-17-26-23-20-22(16-12-8-4)21-24(27-18-14-10-6-2)25(23)28-19-15-11-7-3/h20-21H,4-19H2,1-3H3. The molecule has 0 fully saturated rings. The average molecular weight is 392 g/mol. The van der Waals surface area contributed by atoms with Gasteiger partial charge in [0.25, 0.3) is 0 Å². The van der Waals surface area contributed by atoms with Gasteiger partial charge in [-0.15, -0.1) is 0 Å². The van der Waals surface area contributed by atoms with Gasteiger partial charge in [0.1, 0.15) is 0 Å². The Labute approximate surface area is 174 Å². The average Bonchev–Trinajstić information content (AvgIpc) is 2.71. The molecule has 28 heavy (non-hydrogen) atoms. The van der Waals surface area contributed by atoms with E-state index in [0.29, 0.717) is 6.61 Å². The molecule has 0 bridgehead atoms. The van der Waals surface area contributed by atoms with Crippen molar-refractivity contribution in [3.05, 3.63) is 24.6 Å². The molecule has 3 nitrogen and oxygen atoms in total. The molecule has 0 unspecified atom stereocenters. The molecular weight excluding hydrogens is 348 g/mol. The third kappa shape index (κ3) is 10.2. The van der Waals surface area contributed by atoms with Crippen molar-refractivity contribution in [1.82, 2.24) is 0 Å². The molecule has 0 aliphatic heterocycles. The fraction of sp³-hybridized carbons (Fsp3) is 0.720.